The summed E-state index contributed by atoms with van der Waals surface area (Å²) >= 11 is 0. The molecule has 1 N–H and O–H groups in total. The topological polar surface area (TPSA) is 76.9 Å². The van der Waals surface area contributed by atoms with Gasteiger partial charge >= 0.3 is 0 Å². The van der Waals surface area contributed by atoms with Crippen LogP contribution in [0.2, 0.25) is 0 Å². The molecule has 1 aliphatic heterocycles. The highest BCUT2D eigenvalue weighted by Crippen LogP contribution is 2.26. The number of hydrogen-bond donors (Lipinski definition) is 1. The second-order valence-corrected chi connectivity index (χ2v) is 8.17. The van der Waals surface area contributed by atoms with E-state index in [0.29, 0.717) is 5.69 Å². The molecule has 0 bridgehead atoms. The molecule has 0 saturated heterocycles. The van der Waals surface area contributed by atoms with Crippen molar-refractivity contribution in [1.29, 1.82) is 0 Å². The number of rotatable bonds is 4. The van der Waals surface area contributed by atoms with Crippen LogP contribution in [0, 0.1) is 5.82 Å². The van der Waals surface area contributed by atoms with Gasteiger partial charge in [0.1, 0.15) is 16.5 Å². The first kappa shape index (κ1) is 17.7. The molecule has 1 aromatic heterocycles. The number of anilines is 1. The molecule has 0 atom stereocenters. The highest BCUT2D eigenvalue weighted by Gasteiger charge is 2.20. The van der Waals surface area contributed by atoms with Gasteiger partial charge in [-0.2, -0.15) is 0 Å². The minimum Gasteiger partial charge on any atom is -0.311 e. The minimum atomic E-state index is -4.02. The lowest BCUT2D eigenvalue weighted by Crippen LogP contribution is -2.14. The fourth-order valence-corrected chi connectivity index (χ4v) is 4.42. The Morgan fingerprint density at radius 1 is 1.00 bits per heavy atom. The van der Waals surface area contributed by atoms with E-state index < -0.39 is 15.8 Å². The summed E-state index contributed by atoms with van der Waals surface area (Å²) in [5.41, 5.74) is 1.12. The molecule has 2 heterocycles. The van der Waals surface area contributed by atoms with E-state index in [4.69, 9.17) is 0 Å². The van der Waals surface area contributed by atoms with Gasteiger partial charge in [0, 0.05) is 24.2 Å². The van der Waals surface area contributed by atoms with Gasteiger partial charge in [-0.25, -0.2) is 12.8 Å². The zero-order valence-corrected chi connectivity index (χ0v) is 15.4. The fourth-order valence-electron chi connectivity index (χ4n) is 3.29. The molecule has 140 valence electrons. The molecule has 3 aromatic rings. The summed E-state index contributed by atoms with van der Waals surface area (Å²) in [7, 11) is -4.02. The van der Waals surface area contributed by atoms with Crippen molar-refractivity contribution < 1.29 is 12.8 Å². The monoisotopic (exact) mass is 386 g/mol. The van der Waals surface area contributed by atoms with Crippen LogP contribution in [0.3, 0.4) is 0 Å². The normalized spacial score (nSPS) is 14.4. The number of fused-ring (bicyclic) bond motifs is 1. The highest BCUT2D eigenvalue weighted by atomic mass is 32.2. The van der Waals surface area contributed by atoms with Gasteiger partial charge in [0.2, 0.25) is 0 Å². The van der Waals surface area contributed by atoms with Crippen molar-refractivity contribution in [2.75, 3.05) is 4.72 Å². The van der Waals surface area contributed by atoms with E-state index >= 15 is 0 Å². The molecular formula is C19H19FN4O2S. The summed E-state index contributed by atoms with van der Waals surface area (Å²) in [5.74, 6) is 0.891. The first-order valence-electron chi connectivity index (χ1n) is 8.84. The molecular weight excluding hydrogens is 367 g/mol. The Hall–Kier alpha value is -2.74. The molecule has 8 heteroatoms. The maximum atomic E-state index is 13.9. The molecule has 0 fully saturated rings. The summed E-state index contributed by atoms with van der Waals surface area (Å²) in [5, 5.41) is 8.58. The lowest BCUT2D eigenvalue weighted by molar-refractivity contribution is 0.570. The largest absolute Gasteiger partial charge is 0.311 e. The average molecular weight is 386 g/mol. The molecule has 0 radical (unpaired) electrons. The standard InChI is InChI=1S/C19H19FN4O2S/c20-16-9-3-4-10-17(16)27(25,26)23-15-8-6-7-14(13-15)19-22-21-18-11-2-1-5-12-24(18)19/h3-4,6-10,13,23H,1-2,5,11-12H2. The summed E-state index contributed by atoms with van der Waals surface area (Å²) < 4.78 is 43.4. The van der Waals surface area contributed by atoms with Crippen molar-refractivity contribution in [2.24, 2.45) is 0 Å². The average Bonchev–Trinajstić information content (AvgIpc) is 2.90. The molecule has 1 aliphatic rings. The van der Waals surface area contributed by atoms with E-state index in [-0.39, 0.29) is 4.90 Å². The summed E-state index contributed by atoms with van der Waals surface area (Å²) in [6, 6.07) is 12.2. The smallest absolute Gasteiger partial charge is 0.264 e. The first-order chi connectivity index (χ1) is 13.0. The minimum absolute atomic E-state index is 0.349. The third-order valence-corrected chi connectivity index (χ3v) is 6.02. The fraction of sp³-hybridized carbons (Fsp3) is 0.263. The number of aromatic nitrogens is 3. The molecule has 0 unspecified atom stereocenters. The lowest BCUT2D eigenvalue weighted by Gasteiger charge is -2.11. The van der Waals surface area contributed by atoms with Crippen LogP contribution in [0.5, 0.6) is 0 Å². The number of hydrogen-bond acceptors (Lipinski definition) is 4. The molecule has 0 aliphatic carbocycles. The van der Waals surface area contributed by atoms with Crippen molar-refractivity contribution in [3.8, 4) is 11.4 Å². The number of nitrogens with zero attached hydrogens (tertiary/aromatic N) is 3. The van der Waals surface area contributed by atoms with Crippen molar-refractivity contribution in [3.05, 3.63) is 60.2 Å². The van der Waals surface area contributed by atoms with E-state index in [1.54, 1.807) is 18.2 Å². The van der Waals surface area contributed by atoms with Crippen LogP contribution >= 0.6 is 0 Å². The molecule has 6 nitrogen and oxygen atoms in total. The van der Waals surface area contributed by atoms with Crippen molar-refractivity contribution in [3.63, 3.8) is 0 Å². The van der Waals surface area contributed by atoms with Gasteiger partial charge in [-0.15, -0.1) is 10.2 Å². The predicted octanol–water partition coefficient (Wildman–Crippen LogP) is 3.61. The van der Waals surface area contributed by atoms with E-state index in [9.17, 15) is 12.8 Å². The van der Waals surface area contributed by atoms with Crippen LogP contribution in [0.25, 0.3) is 11.4 Å². The molecule has 27 heavy (non-hydrogen) atoms. The Morgan fingerprint density at radius 2 is 1.85 bits per heavy atom. The van der Waals surface area contributed by atoms with Gasteiger partial charge in [0.25, 0.3) is 10.0 Å². The summed E-state index contributed by atoms with van der Waals surface area (Å²) in [6.45, 7) is 0.850. The van der Waals surface area contributed by atoms with Crippen LogP contribution in [-0.2, 0) is 23.0 Å². The molecule has 2 aromatic carbocycles. The van der Waals surface area contributed by atoms with E-state index in [1.807, 2.05) is 6.07 Å². The molecule has 4 rings (SSSR count). The van der Waals surface area contributed by atoms with Gasteiger partial charge in [-0.1, -0.05) is 30.7 Å². The maximum Gasteiger partial charge on any atom is 0.264 e. The molecule has 0 spiro atoms. The summed E-state index contributed by atoms with van der Waals surface area (Å²) in [4.78, 5) is -0.383. The molecule has 0 amide bonds. The van der Waals surface area contributed by atoms with Gasteiger partial charge < -0.3 is 4.57 Å². The Balaban J connectivity index is 1.66. The second-order valence-electron chi connectivity index (χ2n) is 6.52. The lowest BCUT2D eigenvalue weighted by atomic mass is 10.2. The van der Waals surface area contributed by atoms with E-state index in [1.165, 1.54) is 18.2 Å². The zero-order valence-electron chi connectivity index (χ0n) is 14.6. The first-order valence-corrected chi connectivity index (χ1v) is 10.3. The van der Waals surface area contributed by atoms with Gasteiger partial charge in [-0.3, -0.25) is 4.72 Å². The quantitative estimate of drug-likeness (QED) is 0.743. The maximum absolute atomic E-state index is 13.9. The number of benzene rings is 2. The predicted molar refractivity (Wildman–Crippen MR) is 100 cm³/mol. The van der Waals surface area contributed by atoms with Crippen molar-refractivity contribution in [1.82, 2.24) is 14.8 Å². The van der Waals surface area contributed by atoms with Crippen LogP contribution in [0.4, 0.5) is 10.1 Å². The Bertz CT molecular complexity index is 1080. The van der Waals surface area contributed by atoms with Crippen molar-refractivity contribution >= 4 is 15.7 Å². The number of sulfonamides is 1. The third-order valence-electron chi connectivity index (χ3n) is 4.61. The van der Waals surface area contributed by atoms with Gasteiger partial charge in [-0.05, 0) is 37.1 Å². The Kier molecular flexibility index (Phi) is 4.65. The Morgan fingerprint density at radius 3 is 2.70 bits per heavy atom. The number of nitrogens with one attached hydrogen (secondary N) is 1. The van der Waals surface area contributed by atoms with Crippen LogP contribution in [-0.4, -0.2) is 23.2 Å². The van der Waals surface area contributed by atoms with E-state index in [0.717, 1.165) is 55.5 Å². The van der Waals surface area contributed by atoms with Crippen LogP contribution in [0.15, 0.2) is 53.4 Å². The third kappa shape index (κ3) is 3.57. The SMILES string of the molecule is O=S(=O)(Nc1cccc(-c2nnc3n2CCCCC3)c1)c1ccccc1F. The highest BCUT2D eigenvalue weighted by molar-refractivity contribution is 7.92. The van der Waals surface area contributed by atoms with E-state index in [2.05, 4.69) is 19.5 Å². The van der Waals surface area contributed by atoms with Gasteiger partial charge in [0.15, 0.2) is 5.82 Å². The second kappa shape index (κ2) is 7.11. The molecule has 0 saturated carbocycles. The van der Waals surface area contributed by atoms with Crippen molar-refractivity contribution in [2.45, 2.75) is 37.1 Å². The van der Waals surface area contributed by atoms with Crippen LogP contribution in [0.1, 0.15) is 25.1 Å². The zero-order chi connectivity index (χ0) is 18.9. The van der Waals surface area contributed by atoms with Gasteiger partial charge in [0.05, 0.1) is 0 Å². The number of aryl methyl sites for hydroxylation is 1. The number of halogens is 1. The Labute approximate surface area is 157 Å². The summed E-state index contributed by atoms with van der Waals surface area (Å²) in [6.07, 6.45) is 4.22. The van der Waals surface area contributed by atoms with Crippen LogP contribution < -0.4 is 4.72 Å².